The molecule has 9 nitrogen and oxygen atoms in total. The van der Waals surface area contributed by atoms with Crippen molar-refractivity contribution in [2.75, 3.05) is 26.2 Å². The Hall–Kier alpha value is -3.66. The number of halogens is 1. The molecule has 0 radical (unpaired) electrons. The van der Waals surface area contributed by atoms with Crippen molar-refractivity contribution in [3.63, 3.8) is 0 Å². The molecule has 33 heavy (non-hydrogen) atoms. The lowest BCUT2D eigenvalue weighted by atomic mass is 10.0. The number of fused-ring (bicyclic) bond motifs is 5. The first kappa shape index (κ1) is 21.2. The van der Waals surface area contributed by atoms with Gasteiger partial charge in [-0.1, -0.05) is 0 Å². The molecule has 5 N–H and O–H groups in total. The van der Waals surface area contributed by atoms with Gasteiger partial charge in [0, 0.05) is 35.8 Å². The molecule has 2 aromatic heterocycles. The van der Waals surface area contributed by atoms with Crippen molar-refractivity contribution < 1.29 is 13.9 Å². The van der Waals surface area contributed by atoms with Gasteiger partial charge in [-0.05, 0) is 44.5 Å². The summed E-state index contributed by atoms with van der Waals surface area (Å²) in [5, 5.41) is 23.3. The molecule has 0 amide bonds. The van der Waals surface area contributed by atoms with Gasteiger partial charge in [0.15, 0.2) is 0 Å². The fourth-order valence-corrected chi connectivity index (χ4v) is 4.41. The summed E-state index contributed by atoms with van der Waals surface area (Å²) in [7, 11) is 0. The lowest BCUT2D eigenvalue weighted by molar-refractivity contribution is 0.0906. The third kappa shape index (κ3) is 4.09. The van der Waals surface area contributed by atoms with Gasteiger partial charge in [0.1, 0.15) is 11.9 Å². The van der Waals surface area contributed by atoms with Crippen LogP contribution in [0.15, 0.2) is 35.7 Å². The predicted octanol–water partition coefficient (Wildman–Crippen LogP) is 3.19. The molecule has 5 rings (SSSR count). The summed E-state index contributed by atoms with van der Waals surface area (Å²) in [5.74, 6) is 0.0522. The topological polar surface area (TPSA) is 129 Å². The first-order valence-corrected chi connectivity index (χ1v) is 11.0. The van der Waals surface area contributed by atoms with E-state index in [2.05, 4.69) is 25.3 Å². The Morgan fingerprint density at radius 3 is 3.06 bits per heavy atom. The van der Waals surface area contributed by atoms with Gasteiger partial charge < -0.3 is 15.2 Å². The molecule has 2 aliphatic rings. The maximum atomic E-state index is 15.0. The molecule has 3 aromatic rings. The zero-order valence-electron chi connectivity index (χ0n) is 18.3. The van der Waals surface area contributed by atoms with Gasteiger partial charge in [0.05, 0.1) is 35.2 Å². The Morgan fingerprint density at radius 1 is 1.33 bits per heavy atom. The lowest BCUT2D eigenvalue weighted by Crippen LogP contribution is -2.43. The van der Waals surface area contributed by atoms with Gasteiger partial charge in [0.2, 0.25) is 11.8 Å². The van der Waals surface area contributed by atoms with Gasteiger partial charge in [-0.3, -0.25) is 15.4 Å². The molecular weight excluding hydrogens is 425 g/mol. The SMILES string of the molecule is CCOC(=N)C1=C(N)CN2CCC[C@H](C2)Oc2[nH]ncc2-c2cc3c(n[nH]c3cc2F)/C=C/1. The van der Waals surface area contributed by atoms with E-state index in [4.69, 9.17) is 20.6 Å². The van der Waals surface area contributed by atoms with Crippen LogP contribution in [0, 0.1) is 11.2 Å². The molecule has 10 heteroatoms. The van der Waals surface area contributed by atoms with E-state index in [1.54, 1.807) is 24.4 Å². The van der Waals surface area contributed by atoms with Crippen LogP contribution in [0.3, 0.4) is 0 Å². The molecular formula is C23H26FN7O2. The third-order valence-electron chi connectivity index (χ3n) is 6.00. The van der Waals surface area contributed by atoms with Crippen LogP contribution in [-0.4, -0.2) is 63.5 Å². The molecule has 0 spiro atoms. The maximum Gasteiger partial charge on any atom is 0.217 e. The van der Waals surface area contributed by atoms with Gasteiger partial charge in [0.25, 0.3) is 0 Å². The van der Waals surface area contributed by atoms with Crippen molar-refractivity contribution in [3.8, 4) is 17.0 Å². The Balaban J connectivity index is 1.67. The van der Waals surface area contributed by atoms with E-state index in [1.165, 1.54) is 6.07 Å². The van der Waals surface area contributed by atoms with E-state index < -0.39 is 5.82 Å². The monoisotopic (exact) mass is 451 g/mol. The number of nitrogens with one attached hydrogen (secondary N) is 3. The number of benzene rings is 1. The van der Waals surface area contributed by atoms with Gasteiger partial charge in [-0.25, -0.2) is 9.49 Å². The highest BCUT2D eigenvalue weighted by molar-refractivity contribution is 5.97. The number of ether oxygens (including phenoxy) is 2. The van der Waals surface area contributed by atoms with E-state index in [9.17, 15) is 0 Å². The van der Waals surface area contributed by atoms with Crippen LogP contribution in [-0.2, 0) is 4.74 Å². The molecule has 4 bridgehead atoms. The highest BCUT2D eigenvalue weighted by Crippen LogP contribution is 2.35. The number of H-pyrrole nitrogens is 2. The number of rotatable bonds is 2. The van der Waals surface area contributed by atoms with Crippen LogP contribution < -0.4 is 10.5 Å². The zero-order valence-corrected chi connectivity index (χ0v) is 18.3. The summed E-state index contributed by atoms with van der Waals surface area (Å²) in [6.07, 6.45) is 6.79. The number of hydrogen-bond donors (Lipinski definition) is 4. The molecule has 1 unspecified atom stereocenters. The smallest absolute Gasteiger partial charge is 0.217 e. The maximum absolute atomic E-state index is 15.0. The highest BCUT2D eigenvalue weighted by Gasteiger charge is 2.25. The first-order chi connectivity index (χ1) is 16.0. The second-order valence-electron chi connectivity index (χ2n) is 8.25. The van der Waals surface area contributed by atoms with Crippen molar-refractivity contribution in [2.24, 2.45) is 5.73 Å². The second kappa shape index (κ2) is 8.70. The number of aromatic amines is 2. The summed E-state index contributed by atoms with van der Waals surface area (Å²) < 4.78 is 26.7. The number of nitrogens with zero attached hydrogens (tertiary/aromatic N) is 3. The van der Waals surface area contributed by atoms with Crippen molar-refractivity contribution in [2.45, 2.75) is 25.9 Å². The van der Waals surface area contributed by atoms with Crippen LogP contribution in [0.5, 0.6) is 5.88 Å². The molecule has 172 valence electrons. The number of piperidine rings is 1. The minimum absolute atomic E-state index is 0.00741. The lowest BCUT2D eigenvalue weighted by Gasteiger charge is -2.33. The first-order valence-electron chi connectivity index (χ1n) is 11.0. The van der Waals surface area contributed by atoms with Crippen molar-refractivity contribution in [1.29, 1.82) is 5.41 Å². The number of aromatic nitrogens is 4. The third-order valence-corrected chi connectivity index (χ3v) is 6.00. The summed E-state index contributed by atoms with van der Waals surface area (Å²) >= 11 is 0. The standard InChI is InChI=1S/C23H26FN7O2/c1-2-32-22(26)14-5-6-20-16-8-15(18(24)9-21(16)29-28-20)17-10-27-30-23(17)33-13-4-3-7-31(11-13)12-19(14)25/h5-6,8-10,13,26H,2-4,7,11-12,25H2,1H3,(H,27,30)(H,28,29)/b6-5+,19-14?,26-22?/t13-/m1/s1. The van der Waals surface area contributed by atoms with E-state index in [-0.39, 0.29) is 12.0 Å². The zero-order chi connectivity index (χ0) is 22.9. The predicted molar refractivity (Wildman–Crippen MR) is 123 cm³/mol. The molecule has 2 atom stereocenters. The van der Waals surface area contributed by atoms with Crippen molar-refractivity contribution in [3.05, 3.63) is 47.2 Å². The van der Waals surface area contributed by atoms with E-state index >= 15 is 4.39 Å². The Morgan fingerprint density at radius 2 is 2.21 bits per heavy atom. The fraction of sp³-hybridized carbons (Fsp3) is 0.348. The van der Waals surface area contributed by atoms with Crippen LogP contribution in [0.2, 0.25) is 0 Å². The summed E-state index contributed by atoms with van der Waals surface area (Å²) in [6.45, 7) is 4.19. The van der Waals surface area contributed by atoms with Gasteiger partial charge in [-0.2, -0.15) is 10.2 Å². The van der Waals surface area contributed by atoms with Crippen molar-refractivity contribution >= 4 is 22.9 Å². The Labute approximate surface area is 189 Å². The summed E-state index contributed by atoms with van der Waals surface area (Å²) in [6, 6.07) is 3.15. The molecule has 0 saturated carbocycles. The summed E-state index contributed by atoms with van der Waals surface area (Å²) in [5.41, 5.74) is 9.61. The molecule has 1 saturated heterocycles. The Bertz CT molecular complexity index is 1260. The van der Waals surface area contributed by atoms with Crippen LogP contribution in [0.4, 0.5) is 4.39 Å². The van der Waals surface area contributed by atoms with Gasteiger partial charge in [-0.15, -0.1) is 0 Å². The van der Waals surface area contributed by atoms with Crippen molar-refractivity contribution in [1.82, 2.24) is 25.3 Å². The average molecular weight is 452 g/mol. The molecule has 4 heterocycles. The molecule has 2 aliphatic heterocycles. The molecule has 1 fully saturated rings. The minimum atomic E-state index is -0.398. The highest BCUT2D eigenvalue weighted by atomic mass is 19.1. The van der Waals surface area contributed by atoms with E-state index in [1.807, 2.05) is 6.92 Å². The largest absolute Gasteiger partial charge is 0.478 e. The van der Waals surface area contributed by atoms with E-state index in [0.717, 1.165) is 24.8 Å². The normalized spacial score (nSPS) is 21.8. The summed E-state index contributed by atoms with van der Waals surface area (Å²) in [4.78, 5) is 2.19. The average Bonchev–Trinajstić information content (AvgIpc) is 3.40. The van der Waals surface area contributed by atoms with Crippen LogP contribution >= 0.6 is 0 Å². The molecule has 1 aromatic carbocycles. The van der Waals surface area contributed by atoms with Gasteiger partial charge >= 0.3 is 0 Å². The van der Waals surface area contributed by atoms with E-state index in [0.29, 0.717) is 59.2 Å². The minimum Gasteiger partial charge on any atom is -0.478 e. The number of hydrogen-bond acceptors (Lipinski definition) is 7. The Kier molecular flexibility index (Phi) is 5.59. The second-order valence-corrected chi connectivity index (χ2v) is 8.25. The quantitative estimate of drug-likeness (QED) is 0.350. The fourth-order valence-electron chi connectivity index (χ4n) is 4.41. The van der Waals surface area contributed by atoms with Crippen LogP contribution in [0.25, 0.3) is 28.1 Å². The van der Waals surface area contributed by atoms with Crippen LogP contribution in [0.1, 0.15) is 25.5 Å². The number of nitrogens with two attached hydrogens (primary N) is 1. The molecule has 0 aliphatic carbocycles.